The highest BCUT2D eigenvalue weighted by Crippen LogP contribution is 2.23. The summed E-state index contributed by atoms with van der Waals surface area (Å²) >= 11 is 6.10. The maximum atomic E-state index is 13.1. The number of hydrogen-bond donors (Lipinski definition) is 1. The van der Waals surface area contributed by atoms with Crippen LogP contribution in [0.4, 0.5) is 4.39 Å². The molecule has 1 amide bonds. The van der Waals surface area contributed by atoms with Gasteiger partial charge in [0.25, 0.3) is 15.9 Å². The Morgan fingerprint density at radius 3 is 2.41 bits per heavy atom. The number of benzene rings is 2. The summed E-state index contributed by atoms with van der Waals surface area (Å²) in [5.41, 5.74) is 0.261. The van der Waals surface area contributed by atoms with Crippen LogP contribution in [0.3, 0.4) is 0 Å². The molecule has 0 aliphatic rings. The zero-order valence-corrected chi connectivity index (χ0v) is 17.9. The van der Waals surface area contributed by atoms with Crippen molar-refractivity contribution in [2.24, 2.45) is 0 Å². The van der Waals surface area contributed by atoms with Gasteiger partial charge in [-0.3, -0.25) is 4.79 Å². The summed E-state index contributed by atoms with van der Waals surface area (Å²) in [4.78, 5) is 12.0. The average molecular weight is 657 g/mol. The van der Waals surface area contributed by atoms with E-state index in [1.54, 1.807) is 6.07 Å². The topological polar surface area (TPSA) is 63.2 Å². The third-order valence-corrected chi connectivity index (χ3v) is 7.57. The molecule has 0 heterocycles. The molecular formula is C13H7FI3NO3S. The molecule has 0 spiro atoms. The van der Waals surface area contributed by atoms with Gasteiger partial charge in [-0.1, -0.05) is 6.07 Å². The summed E-state index contributed by atoms with van der Waals surface area (Å²) in [7, 11) is -4.12. The van der Waals surface area contributed by atoms with Gasteiger partial charge in [-0.15, -0.1) is 0 Å². The summed E-state index contributed by atoms with van der Waals surface area (Å²) in [6.45, 7) is 0. The predicted octanol–water partition coefficient (Wildman–Crippen LogP) is 3.76. The first-order valence-corrected chi connectivity index (χ1v) is 10.4. The normalized spacial score (nSPS) is 11.3. The molecule has 0 aliphatic carbocycles. The van der Waals surface area contributed by atoms with E-state index in [-0.39, 0.29) is 10.5 Å². The molecule has 0 aliphatic heterocycles. The molecule has 2 rings (SSSR count). The number of halogens is 4. The molecule has 0 radical (unpaired) electrons. The van der Waals surface area contributed by atoms with Crippen molar-refractivity contribution < 1.29 is 17.6 Å². The van der Waals surface area contributed by atoms with Crippen molar-refractivity contribution in [1.29, 1.82) is 0 Å². The molecule has 9 heteroatoms. The molecule has 0 fully saturated rings. The molecule has 0 aromatic heterocycles. The molecule has 4 nitrogen and oxygen atoms in total. The Labute approximate surface area is 167 Å². The summed E-state index contributed by atoms with van der Waals surface area (Å²) in [6.07, 6.45) is 0. The van der Waals surface area contributed by atoms with E-state index in [1.165, 1.54) is 12.1 Å². The molecule has 116 valence electrons. The van der Waals surface area contributed by atoms with Crippen molar-refractivity contribution in [3.05, 3.63) is 58.5 Å². The van der Waals surface area contributed by atoms with Gasteiger partial charge >= 0.3 is 0 Å². The van der Waals surface area contributed by atoms with Gasteiger partial charge < -0.3 is 0 Å². The van der Waals surface area contributed by atoms with Gasteiger partial charge in [0.2, 0.25) is 0 Å². The summed E-state index contributed by atoms with van der Waals surface area (Å²) in [5.74, 6) is -1.43. The number of amides is 1. The second-order valence-corrected chi connectivity index (χ2v) is 9.31. The highest BCUT2D eigenvalue weighted by Gasteiger charge is 2.21. The first-order valence-electron chi connectivity index (χ1n) is 5.68. The van der Waals surface area contributed by atoms with Crippen molar-refractivity contribution in [2.45, 2.75) is 4.90 Å². The van der Waals surface area contributed by atoms with Gasteiger partial charge in [0.15, 0.2) is 0 Å². The van der Waals surface area contributed by atoms with E-state index in [0.717, 1.165) is 19.3 Å². The fourth-order valence-electron chi connectivity index (χ4n) is 1.59. The third-order valence-electron chi connectivity index (χ3n) is 2.57. The molecule has 0 unspecified atom stereocenters. The van der Waals surface area contributed by atoms with Crippen LogP contribution in [0, 0.1) is 16.5 Å². The minimum absolute atomic E-state index is 0.261. The van der Waals surface area contributed by atoms with Crippen LogP contribution in [-0.4, -0.2) is 14.3 Å². The first-order chi connectivity index (χ1) is 10.2. The van der Waals surface area contributed by atoms with E-state index in [2.05, 4.69) is 22.6 Å². The molecule has 0 bridgehead atoms. The zero-order chi connectivity index (χ0) is 16.5. The van der Waals surface area contributed by atoms with Crippen LogP contribution in [0.2, 0.25) is 0 Å². The average Bonchev–Trinajstić information content (AvgIpc) is 2.42. The van der Waals surface area contributed by atoms with E-state index in [4.69, 9.17) is 0 Å². The lowest BCUT2D eigenvalue weighted by molar-refractivity contribution is 0.0980. The zero-order valence-electron chi connectivity index (χ0n) is 10.6. The summed E-state index contributed by atoms with van der Waals surface area (Å²) in [5, 5.41) is 0. The Balaban J connectivity index is 2.37. The maximum absolute atomic E-state index is 13.1. The second-order valence-electron chi connectivity index (χ2n) is 4.14. The van der Waals surface area contributed by atoms with Gasteiger partial charge in [0, 0.05) is 10.7 Å². The van der Waals surface area contributed by atoms with E-state index in [0.29, 0.717) is 3.57 Å². The number of carbonyl (C=O) groups excluding carboxylic acids is 1. The van der Waals surface area contributed by atoms with Gasteiger partial charge in [0.1, 0.15) is 5.82 Å². The Bertz CT molecular complexity index is 856. The van der Waals surface area contributed by atoms with E-state index in [1.807, 2.05) is 56.0 Å². The van der Waals surface area contributed by atoms with E-state index in [9.17, 15) is 17.6 Å². The Hall–Kier alpha value is -0.0200. The SMILES string of the molecule is O=C(NS(=O)(=O)c1cccc(F)c1)c1cc(I)cc(I)c1I. The lowest BCUT2D eigenvalue weighted by Gasteiger charge is -2.10. The highest BCUT2D eigenvalue weighted by atomic mass is 127. The van der Waals surface area contributed by atoms with E-state index >= 15 is 0 Å². The summed E-state index contributed by atoms with van der Waals surface area (Å²) < 4.78 is 41.7. The molecule has 2 aromatic carbocycles. The van der Waals surface area contributed by atoms with Gasteiger partial charge in [-0.2, -0.15) is 0 Å². The molecule has 0 atom stereocenters. The van der Waals surface area contributed by atoms with Crippen molar-refractivity contribution >= 4 is 83.7 Å². The van der Waals surface area contributed by atoms with E-state index < -0.39 is 21.7 Å². The minimum Gasteiger partial charge on any atom is -0.268 e. The monoisotopic (exact) mass is 657 g/mol. The van der Waals surface area contributed by atoms with Gasteiger partial charge in [-0.25, -0.2) is 17.5 Å². The van der Waals surface area contributed by atoms with Crippen molar-refractivity contribution in [3.8, 4) is 0 Å². The highest BCUT2D eigenvalue weighted by molar-refractivity contribution is 14.1. The standard InChI is InChI=1S/C13H7FI3NO3S/c14-7-2-1-3-9(4-7)22(20,21)18-13(19)10-5-8(15)6-11(16)12(10)17/h1-6H,(H,18,19). The third kappa shape index (κ3) is 4.29. The van der Waals surface area contributed by atoms with Crippen LogP contribution >= 0.6 is 67.8 Å². The fourth-order valence-corrected chi connectivity index (χ4v) is 4.99. The molecule has 2 aromatic rings. The molecule has 1 N–H and O–H groups in total. The minimum atomic E-state index is -4.12. The molecule has 22 heavy (non-hydrogen) atoms. The number of nitrogens with one attached hydrogen (secondary N) is 1. The Kier molecular flexibility index (Phi) is 6.04. The first kappa shape index (κ1) is 18.3. The van der Waals surface area contributed by atoms with Crippen molar-refractivity contribution in [2.75, 3.05) is 0 Å². The smallest absolute Gasteiger partial charge is 0.266 e. The predicted molar refractivity (Wildman–Crippen MR) is 106 cm³/mol. The largest absolute Gasteiger partial charge is 0.268 e. The second kappa shape index (κ2) is 7.25. The molecular weight excluding hydrogens is 650 g/mol. The lowest BCUT2D eigenvalue weighted by Crippen LogP contribution is -2.31. The lowest BCUT2D eigenvalue weighted by atomic mass is 10.2. The fraction of sp³-hybridized carbons (Fsp3) is 0. The molecule has 0 saturated carbocycles. The van der Waals surface area contributed by atoms with Gasteiger partial charge in [-0.05, 0) is 98.1 Å². The van der Waals surface area contributed by atoms with Crippen LogP contribution in [0.25, 0.3) is 0 Å². The number of rotatable bonds is 3. The van der Waals surface area contributed by atoms with Crippen LogP contribution in [0.5, 0.6) is 0 Å². The maximum Gasteiger partial charge on any atom is 0.266 e. The van der Waals surface area contributed by atoms with Crippen LogP contribution in [-0.2, 0) is 10.0 Å². The Morgan fingerprint density at radius 1 is 1.09 bits per heavy atom. The number of sulfonamides is 1. The molecule has 0 saturated heterocycles. The van der Waals surface area contributed by atoms with Crippen molar-refractivity contribution in [3.63, 3.8) is 0 Å². The Morgan fingerprint density at radius 2 is 1.77 bits per heavy atom. The van der Waals surface area contributed by atoms with Gasteiger partial charge in [0.05, 0.1) is 10.5 Å². The van der Waals surface area contributed by atoms with Crippen LogP contribution < -0.4 is 4.72 Å². The summed E-state index contributed by atoms with van der Waals surface area (Å²) in [6, 6.07) is 7.96. The van der Waals surface area contributed by atoms with Crippen LogP contribution in [0.1, 0.15) is 10.4 Å². The number of carbonyl (C=O) groups is 1. The number of hydrogen-bond acceptors (Lipinski definition) is 3. The quantitative estimate of drug-likeness (QED) is 0.405. The van der Waals surface area contributed by atoms with Crippen LogP contribution in [0.15, 0.2) is 41.3 Å². The van der Waals surface area contributed by atoms with Crippen molar-refractivity contribution in [1.82, 2.24) is 4.72 Å².